The first kappa shape index (κ1) is 13.5. The summed E-state index contributed by atoms with van der Waals surface area (Å²) in [5.41, 5.74) is 1.01. The van der Waals surface area contributed by atoms with E-state index < -0.39 is 6.09 Å². The lowest BCUT2D eigenvalue weighted by Crippen LogP contribution is -2.31. The Morgan fingerprint density at radius 3 is 2.47 bits per heavy atom. The Bertz CT molecular complexity index is 403. The average Bonchev–Trinajstić information content (AvgIpc) is 2.28. The number of Topliss-reactive ketones (excluding diaryl/α,β-unsaturated/α-hetero) is 1. The predicted molar refractivity (Wildman–Crippen MR) is 65.4 cm³/mol. The molecule has 1 aromatic carbocycles. The number of rotatable bonds is 5. The van der Waals surface area contributed by atoms with E-state index >= 15 is 0 Å². The fourth-order valence-electron chi connectivity index (χ4n) is 1.42. The molecule has 1 unspecified atom stereocenters. The second-order valence-electron chi connectivity index (χ2n) is 3.86. The van der Waals surface area contributed by atoms with Crippen LogP contribution in [-0.4, -0.2) is 23.5 Å². The average molecular weight is 256 g/mol. The second-order valence-corrected chi connectivity index (χ2v) is 4.29. The summed E-state index contributed by atoms with van der Waals surface area (Å²) in [7, 11) is 0. The van der Waals surface area contributed by atoms with Crippen LogP contribution in [0.25, 0.3) is 0 Å². The van der Waals surface area contributed by atoms with Gasteiger partial charge in [0, 0.05) is 10.9 Å². The largest absolute Gasteiger partial charge is 0.465 e. The normalized spacial score (nSPS) is 11.9. The molecule has 1 amide bonds. The predicted octanol–water partition coefficient (Wildman–Crippen LogP) is 2.36. The van der Waals surface area contributed by atoms with Crippen LogP contribution in [0, 0.1) is 5.92 Å². The molecule has 0 aliphatic heterocycles. The summed E-state index contributed by atoms with van der Waals surface area (Å²) in [5, 5.41) is 11.1. The number of hydrogen-bond donors (Lipinski definition) is 2. The van der Waals surface area contributed by atoms with E-state index in [2.05, 4.69) is 5.32 Å². The zero-order chi connectivity index (χ0) is 12.8. The van der Waals surface area contributed by atoms with Gasteiger partial charge in [0.1, 0.15) is 0 Å². The van der Waals surface area contributed by atoms with Gasteiger partial charge in [-0.3, -0.25) is 4.79 Å². The molecule has 0 saturated heterocycles. The number of ketones is 1. The van der Waals surface area contributed by atoms with Crippen molar-refractivity contribution in [3.8, 4) is 0 Å². The lowest BCUT2D eigenvalue weighted by Gasteiger charge is -2.10. The van der Waals surface area contributed by atoms with Crippen molar-refractivity contribution in [2.75, 3.05) is 6.54 Å². The SMILES string of the molecule is CC(Cc1ccc(Cl)cc1)C(=O)CNC(=O)O. The molecular formula is C12H14ClNO3. The van der Waals surface area contributed by atoms with Crippen molar-refractivity contribution in [1.82, 2.24) is 5.32 Å². The summed E-state index contributed by atoms with van der Waals surface area (Å²) < 4.78 is 0. The molecule has 0 aliphatic carbocycles. The molecule has 0 fully saturated rings. The Balaban J connectivity index is 2.48. The molecule has 1 atom stereocenters. The molecule has 1 aromatic rings. The van der Waals surface area contributed by atoms with Crippen molar-refractivity contribution in [3.05, 3.63) is 34.9 Å². The maximum atomic E-state index is 11.6. The second kappa shape index (κ2) is 6.25. The topological polar surface area (TPSA) is 66.4 Å². The maximum absolute atomic E-state index is 11.6. The molecule has 4 nitrogen and oxygen atoms in total. The highest BCUT2D eigenvalue weighted by Crippen LogP contribution is 2.13. The van der Waals surface area contributed by atoms with Gasteiger partial charge in [0.2, 0.25) is 0 Å². The Kier molecular flexibility index (Phi) is 4.97. The number of nitrogens with one attached hydrogen (secondary N) is 1. The van der Waals surface area contributed by atoms with Crippen LogP contribution >= 0.6 is 11.6 Å². The quantitative estimate of drug-likeness (QED) is 0.849. The maximum Gasteiger partial charge on any atom is 0.405 e. The minimum atomic E-state index is -1.18. The standard InChI is InChI=1S/C12H14ClNO3/c1-8(11(15)7-14-12(16)17)6-9-2-4-10(13)5-3-9/h2-5,8,14H,6-7H2,1H3,(H,16,17). The van der Waals surface area contributed by atoms with Gasteiger partial charge >= 0.3 is 6.09 Å². The van der Waals surface area contributed by atoms with Gasteiger partial charge in [0.25, 0.3) is 0 Å². The number of carbonyl (C=O) groups is 2. The molecule has 0 radical (unpaired) electrons. The molecule has 5 heteroatoms. The van der Waals surface area contributed by atoms with Gasteiger partial charge < -0.3 is 10.4 Å². The van der Waals surface area contributed by atoms with E-state index in [1.54, 1.807) is 19.1 Å². The molecule has 2 N–H and O–H groups in total. The van der Waals surface area contributed by atoms with Gasteiger partial charge in [0.05, 0.1) is 6.54 Å². The minimum Gasteiger partial charge on any atom is -0.465 e. The van der Waals surface area contributed by atoms with Crippen LogP contribution in [0.15, 0.2) is 24.3 Å². The van der Waals surface area contributed by atoms with Crippen LogP contribution in [0.1, 0.15) is 12.5 Å². The first-order valence-electron chi connectivity index (χ1n) is 5.23. The lowest BCUT2D eigenvalue weighted by molar-refractivity contribution is -0.121. The zero-order valence-electron chi connectivity index (χ0n) is 9.44. The monoisotopic (exact) mass is 255 g/mol. The Hall–Kier alpha value is -1.55. The minimum absolute atomic E-state index is 0.123. The Morgan fingerprint density at radius 1 is 1.35 bits per heavy atom. The first-order chi connectivity index (χ1) is 7.99. The summed E-state index contributed by atoms with van der Waals surface area (Å²) in [4.78, 5) is 21.8. The van der Waals surface area contributed by atoms with Crippen LogP contribution in [0.5, 0.6) is 0 Å². The summed E-state index contributed by atoms with van der Waals surface area (Å²) in [5.74, 6) is -0.342. The van der Waals surface area contributed by atoms with Crippen LogP contribution < -0.4 is 5.32 Å². The molecule has 17 heavy (non-hydrogen) atoms. The van der Waals surface area contributed by atoms with E-state index in [1.165, 1.54) is 0 Å². The van der Waals surface area contributed by atoms with Crippen molar-refractivity contribution in [1.29, 1.82) is 0 Å². The number of halogens is 1. The summed E-state index contributed by atoms with van der Waals surface area (Å²) >= 11 is 5.75. The van der Waals surface area contributed by atoms with E-state index in [-0.39, 0.29) is 18.2 Å². The Labute approximate surface area is 105 Å². The third-order valence-electron chi connectivity index (χ3n) is 2.42. The van der Waals surface area contributed by atoms with Gasteiger partial charge in [-0.2, -0.15) is 0 Å². The van der Waals surface area contributed by atoms with Gasteiger partial charge in [-0.15, -0.1) is 0 Å². The van der Waals surface area contributed by atoms with E-state index in [9.17, 15) is 9.59 Å². The van der Waals surface area contributed by atoms with E-state index in [1.807, 2.05) is 12.1 Å². The van der Waals surface area contributed by atoms with Crippen molar-refractivity contribution >= 4 is 23.5 Å². The smallest absolute Gasteiger partial charge is 0.405 e. The highest BCUT2D eigenvalue weighted by Gasteiger charge is 2.14. The van der Waals surface area contributed by atoms with Gasteiger partial charge in [-0.25, -0.2) is 4.79 Å². The Morgan fingerprint density at radius 2 is 1.94 bits per heavy atom. The highest BCUT2D eigenvalue weighted by atomic mass is 35.5. The number of hydrogen-bond acceptors (Lipinski definition) is 2. The van der Waals surface area contributed by atoms with Crippen LogP contribution in [0.2, 0.25) is 5.02 Å². The third kappa shape index (κ3) is 4.87. The molecule has 0 bridgehead atoms. The zero-order valence-corrected chi connectivity index (χ0v) is 10.2. The molecule has 0 aromatic heterocycles. The molecule has 92 valence electrons. The molecule has 0 aliphatic rings. The van der Waals surface area contributed by atoms with E-state index in [4.69, 9.17) is 16.7 Å². The van der Waals surface area contributed by atoms with Crippen molar-refractivity contribution in [2.24, 2.45) is 5.92 Å². The van der Waals surface area contributed by atoms with Crippen molar-refractivity contribution in [3.63, 3.8) is 0 Å². The number of amides is 1. The van der Waals surface area contributed by atoms with E-state index in [0.29, 0.717) is 11.4 Å². The summed E-state index contributed by atoms with van der Waals surface area (Å²) in [6, 6.07) is 7.25. The number of benzene rings is 1. The van der Waals surface area contributed by atoms with Gasteiger partial charge in [0.15, 0.2) is 5.78 Å². The van der Waals surface area contributed by atoms with E-state index in [0.717, 1.165) is 5.56 Å². The van der Waals surface area contributed by atoms with Gasteiger partial charge in [-0.05, 0) is 24.1 Å². The molecule has 0 saturated carbocycles. The molecule has 1 rings (SSSR count). The fourth-order valence-corrected chi connectivity index (χ4v) is 1.55. The first-order valence-corrected chi connectivity index (χ1v) is 5.61. The molecule has 0 spiro atoms. The van der Waals surface area contributed by atoms with Crippen molar-refractivity contribution < 1.29 is 14.7 Å². The summed E-state index contributed by atoms with van der Waals surface area (Å²) in [6.07, 6.45) is -0.603. The highest BCUT2D eigenvalue weighted by molar-refractivity contribution is 6.30. The molecular weight excluding hydrogens is 242 g/mol. The third-order valence-corrected chi connectivity index (χ3v) is 2.67. The van der Waals surface area contributed by atoms with Crippen LogP contribution in [0.4, 0.5) is 4.79 Å². The fraction of sp³-hybridized carbons (Fsp3) is 0.333. The van der Waals surface area contributed by atoms with Gasteiger partial charge in [-0.1, -0.05) is 30.7 Å². The summed E-state index contributed by atoms with van der Waals surface area (Å²) in [6.45, 7) is 1.63. The molecule has 0 heterocycles. The van der Waals surface area contributed by atoms with Crippen LogP contribution in [-0.2, 0) is 11.2 Å². The number of carbonyl (C=O) groups excluding carboxylic acids is 1. The van der Waals surface area contributed by atoms with Crippen molar-refractivity contribution in [2.45, 2.75) is 13.3 Å². The number of carboxylic acid groups (broad SMARTS) is 1. The lowest BCUT2D eigenvalue weighted by atomic mass is 9.97. The van der Waals surface area contributed by atoms with Crippen LogP contribution in [0.3, 0.4) is 0 Å².